The fourth-order valence-electron chi connectivity index (χ4n) is 4.07. The summed E-state index contributed by atoms with van der Waals surface area (Å²) >= 11 is 0. The fraction of sp³-hybridized carbons (Fsp3) is 0.920. The summed E-state index contributed by atoms with van der Waals surface area (Å²) in [6, 6.07) is 0. The molecule has 0 amide bonds. The molecule has 0 aliphatic carbocycles. The van der Waals surface area contributed by atoms with Crippen molar-refractivity contribution in [3.05, 3.63) is 12.2 Å². The van der Waals surface area contributed by atoms with Crippen LogP contribution in [0.3, 0.4) is 0 Å². The van der Waals surface area contributed by atoms with Gasteiger partial charge in [-0.05, 0) is 19.3 Å². The number of ether oxygens (including phenoxy) is 1. The molecule has 0 spiro atoms. The molecule has 0 aromatic heterocycles. The lowest BCUT2D eigenvalue weighted by molar-refractivity contribution is -0.00434. The number of unbranched alkanes of at least 4 members (excludes halogenated alkanes) is 14. The van der Waals surface area contributed by atoms with Crippen molar-refractivity contribution in [1.82, 2.24) is 0 Å². The first-order valence-corrected chi connectivity index (χ1v) is 12.2. The predicted molar refractivity (Wildman–Crippen MR) is 117 cm³/mol. The zero-order chi connectivity index (χ0) is 18.7. The molecule has 0 fully saturated rings. The van der Waals surface area contributed by atoms with E-state index in [1.54, 1.807) is 0 Å². The summed E-state index contributed by atoms with van der Waals surface area (Å²) in [4.78, 5) is 0. The molecule has 0 aromatic carbocycles. The first-order valence-electron chi connectivity index (χ1n) is 12.2. The van der Waals surface area contributed by atoms with E-state index in [2.05, 4.69) is 26.0 Å². The van der Waals surface area contributed by atoms with Crippen molar-refractivity contribution in [3.8, 4) is 0 Å². The van der Waals surface area contributed by atoms with Crippen LogP contribution in [0.25, 0.3) is 0 Å². The summed E-state index contributed by atoms with van der Waals surface area (Å²) in [5.74, 6) is 0. The molecule has 0 N–H and O–H groups in total. The lowest BCUT2D eigenvalue weighted by atomic mass is 10.0. The van der Waals surface area contributed by atoms with E-state index in [4.69, 9.17) is 4.74 Å². The first-order chi connectivity index (χ1) is 12.9. The summed E-state index contributed by atoms with van der Waals surface area (Å²) < 4.78 is 6.32. The van der Waals surface area contributed by atoms with Gasteiger partial charge < -0.3 is 4.74 Å². The number of rotatable bonds is 18. The monoisotopic (exact) mass is 364 g/mol. The molecule has 1 heteroatoms. The highest BCUT2D eigenvalue weighted by atomic mass is 16.5. The van der Waals surface area contributed by atoms with Gasteiger partial charge in [-0.25, -0.2) is 0 Å². The topological polar surface area (TPSA) is 9.23 Å². The van der Waals surface area contributed by atoms with Crippen molar-refractivity contribution in [2.45, 2.75) is 148 Å². The summed E-state index contributed by atoms with van der Waals surface area (Å²) in [6.07, 6.45) is 31.8. The SMILES string of the molecule is CCCCCCCCCC[C@@H]1CC=C[C@H](CCCCCCCCCC)O1. The highest BCUT2D eigenvalue weighted by Crippen LogP contribution is 2.22. The second kappa shape index (κ2) is 18.1. The third-order valence-electron chi connectivity index (χ3n) is 5.84. The molecule has 26 heavy (non-hydrogen) atoms. The van der Waals surface area contributed by atoms with E-state index >= 15 is 0 Å². The molecule has 154 valence electrons. The van der Waals surface area contributed by atoms with Gasteiger partial charge in [-0.2, -0.15) is 0 Å². The van der Waals surface area contributed by atoms with Gasteiger partial charge in [0.25, 0.3) is 0 Å². The van der Waals surface area contributed by atoms with Crippen molar-refractivity contribution >= 4 is 0 Å². The number of hydrogen-bond donors (Lipinski definition) is 0. The molecule has 1 aliphatic rings. The quantitative estimate of drug-likeness (QED) is 0.174. The average molecular weight is 365 g/mol. The molecule has 0 radical (unpaired) electrons. The van der Waals surface area contributed by atoms with E-state index in [0.29, 0.717) is 12.2 Å². The second-order valence-electron chi connectivity index (χ2n) is 8.49. The van der Waals surface area contributed by atoms with Crippen LogP contribution in [0.1, 0.15) is 136 Å². The van der Waals surface area contributed by atoms with Gasteiger partial charge in [-0.3, -0.25) is 0 Å². The minimum Gasteiger partial charge on any atom is -0.371 e. The summed E-state index contributed by atoms with van der Waals surface area (Å²) in [5.41, 5.74) is 0. The fourth-order valence-corrected chi connectivity index (χ4v) is 4.07. The van der Waals surface area contributed by atoms with E-state index < -0.39 is 0 Å². The molecule has 2 atom stereocenters. The van der Waals surface area contributed by atoms with Gasteiger partial charge in [0, 0.05) is 0 Å². The zero-order valence-corrected chi connectivity index (χ0v) is 18.2. The van der Waals surface area contributed by atoms with Gasteiger partial charge in [0.1, 0.15) is 0 Å². The maximum absolute atomic E-state index is 6.32. The van der Waals surface area contributed by atoms with Gasteiger partial charge in [-0.15, -0.1) is 0 Å². The highest BCUT2D eigenvalue weighted by molar-refractivity contribution is 4.96. The van der Waals surface area contributed by atoms with Crippen LogP contribution in [0.4, 0.5) is 0 Å². The van der Waals surface area contributed by atoms with Gasteiger partial charge in [0.15, 0.2) is 0 Å². The summed E-state index contributed by atoms with van der Waals surface area (Å²) in [5, 5.41) is 0. The smallest absolute Gasteiger partial charge is 0.0759 e. The Morgan fingerprint density at radius 1 is 0.615 bits per heavy atom. The van der Waals surface area contributed by atoms with E-state index in [-0.39, 0.29) is 0 Å². The molecule has 1 aliphatic heterocycles. The van der Waals surface area contributed by atoms with Crippen molar-refractivity contribution in [1.29, 1.82) is 0 Å². The predicted octanol–water partition coefficient (Wildman–Crippen LogP) is 8.76. The lowest BCUT2D eigenvalue weighted by Crippen LogP contribution is -2.24. The normalized spacial score (nSPS) is 19.9. The van der Waals surface area contributed by atoms with Crippen LogP contribution in [0.2, 0.25) is 0 Å². The molecule has 1 nitrogen and oxygen atoms in total. The maximum Gasteiger partial charge on any atom is 0.0759 e. The van der Waals surface area contributed by atoms with E-state index in [0.717, 1.165) is 6.42 Å². The zero-order valence-electron chi connectivity index (χ0n) is 18.2. The number of hydrogen-bond acceptors (Lipinski definition) is 1. The van der Waals surface area contributed by atoms with Crippen molar-refractivity contribution in [2.24, 2.45) is 0 Å². The molecule has 0 saturated heterocycles. The molecular weight excluding hydrogens is 316 g/mol. The van der Waals surface area contributed by atoms with Crippen LogP contribution in [0.5, 0.6) is 0 Å². The van der Waals surface area contributed by atoms with Crippen molar-refractivity contribution < 1.29 is 4.74 Å². The minimum atomic E-state index is 0.405. The Bertz CT molecular complexity index is 309. The Morgan fingerprint density at radius 2 is 1.08 bits per heavy atom. The van der Waals surface area contributed by atoms with Crippen molar-refractivity contribution in [3.63, 3.8) is 0 Å². The highest BCUT2D eigenvalue weighted by Gasteiger charge is 2.17. The Hall–Kier alpha value is -0.300. The van der Waals surface area contributed by atoms with Crippen LogP contribution < -0.4 is 0 Å². The third-order valence-corrected chi connectivity index (χ3v) is 5.84. The van der Waals surface area contributed by atoms with E-state index in [9.17, 15) is 0 Å². The van der Waals surface area contributed by atoms with E-state index in [1.165, 1.54) is 116 Å². The molecule has 0 saturated carbocycles. The Morgan fingerprint density at radius 3 is 1.62 bits per heavy atom. The van der Waals surface area contributed by atoms with Gasteiger partial charge >= 0.3 is 0 Å². The lowest BCUT2D eigenvalue weighted by Gasteiger charge is -2.26. The molecule has 0 aromatic rings. The van der Waals surface area contributed by atoms with Crippen molar-refractivity contribution in [2.75, 3.05) is 0 Å². The molecule has 0 bridgehead atoms. The average Bonchev–Trinajstić information content (AvgIpc) is 2.66. The van der Waals surface area contributed by atoms with Crippen LogP contribution in [0, 0.1) is 0 Å². The third kappa shape index (κ3) is 13.8. The first kappa shape index (κ1) is 23.7. The minimum absolute atomic E-state index is 0.405. The Kier molecular flexibility index (Phi) is 16.5. The van der Waals surface area contributed by atoms with E-state index in [1.807, 2.05) is 0 Å². The van der Waals surface area contributed by atoms with Gasteiger partial charge in [0.2, 0.25) is 0 Å². The second-order valence-corrected chi connectivity index (χ2v) is 8.49. The van der Waals surface area contributed by atoms with Crippen LogP contribution >= 0.6 is 0 Å². The summed E-state index contributed by atoms with van der Waals surface area (Å²) in [6.45, 7) is 4.58. The molecule has 1 heterocycles. The summed E-state index contributed by atoms with van der Waals surface area (Å²) in [7, 11) is 0. The Balaban J connectivity index is 1.92. The van der Waals surface area contributed by atoms with Crippen LogP contribution in [0.15, 0.2) is 12.2 Å². The molecular formula is C25H48O. The van der Waals surface area contributed by atoms with Gasteiger partial charge in [0.05, 0.1) is 12.2 Å². The largest absolute Gasteiger partial charge is 0.371 e. The Labute approximate surface area is 165 Å². The standard InChI is InChI=1S/C25H48O/c1-3-5-7-9-11-13-15-17-20-24-22-19-23-25(26-24)21-18-16-14-12-10-8-6-4-2/h19,22,24-25H,3-18,20-21,23H2,1-2H3/t24-,25+/m0/s1. The maximum atomic E-state index is 6.32. The molecule has 0 unspecified atom stereocenters. The van der Waals surface area contributed by atoms with Gasteiger partial charge in [-0.1, -0.05) is 129 Å². The van der Waals surface area contributed by atoms with Crippen LogP contribution in [-0.2, 0) is 4.74 Å². The van der Waals surface area contributed by atoms with Crippen LogP contribution in [-0.4, -0.2) is 12.2 Å². The molecule has 1 rings (SSSR count).